The van der Waals surface area contributed by atoms with Gasteiger partial charge in [-0.25, -0.2) is 0 Å². The van der Waals surface area contributed by atoms with Gasteiger partial charge in [-0.15, -0.1) is 0 Å². The number of hydrogen-bond acceptors (Lipinski definition) is 2. The van der Waals surface area contributed by atoms with Crippen molar-refractivity contribution in [3.8, 4) is 0 Å². The molecule has 0 aliphatic heterocycles. The number of benzene rings is 1. The summed E-state index contributed by atoms with van der Waals surface area (Å²) in [5.74, 6) is 0. The first-order valence-electron chi connectivity index (χ1n) is 6.58. The van der Waals surface area contributed by atoms with Crippen LogP contribution in [0.5, 0.6) is 0 Å². The van der Waals surface area contributed by atoms with Crippen molar-refractivity contribution in [2.24, 2.45) is 0 Å². The average Bonchev–Trinajstić information content (AvgIpc) is 2.35. The number of aryl methyl sites for hydroxylation is 1. The minimum absolute atomic E-state index is 0.165. The summed E-state index contributed by atoms with van der Waals surface area (Å²) in [5, 5.41) is 10.8. The largest absolute Gasteiger partial charge is 0.283 e. The van der Waals surface area contributed by atoms with Gasteiger partial charge in [0.15, 0.2) is 0 Å². The molecule has 0 aliphatic rings. The molecular formula is C14H20BrNO2. The summed E-state index contributed by atoms with van der Waals surface area (Å²) >= 11 is 3.20. The second kappa shape index (κ2) is 8.25. The molecule has 1 rings (SSSR count). The minimum Gasteiger partial charge on any atom is -0.258 e. The van der Waals surface area contributed by atoms with E-state index in [-0.39, 0.29) is 10.6 Å². The molecule has 0 bridgehead atoms. The van der Waals surface area contributed by atoms with Crippen LogP contribution in [0.4, 0.5) is 5.69 Å². The van der Waals surface area contributed by atoms with E-state index in [1.54, 1.807) is 12.1 Å². The second-order valence-electron chi connectivity index (χ2n) is 4.56. The summed E-state index contributed by atoms with van der Waals surface area (Å²) in [6.45, 7) is 2.21. The van der Waals surface area contributed by atoms with Crippen molar-refractivity contribution in [3.63, 3.8) is 0 Å². The highest BCUT2D eigenvalue weighted by atomic mass is 79.9. The molecule has 18 heavy (non-hydrogen) atoms. The van der Waals surface area contributed by atoms with Crippen LogP contribution in [-0.2, 0) is 6.42 Å². The maximum atomic E-state index is 10.8. The fourth-order valence-electron chi connectivity index (χ4n) is 1.96. The van der Waals surface area contributed by atoms with Gasteiger partial charge in [0.2, 0.25) is 0 Å². The molecule has 0 fully saturated rings. The van der Waals surface area contributed by atoms with Gasteiger partial charge in [0.05, 0.1) is 9.40 Å². The van der Waals surface area contributed by atoms with Gasteiger partial charge in [0.25, 0.3) is 5.69 Å². The lowest BCUT2D eigenvalue weighted by molar-refractivity contribution is -0.385. The molecule has 0 aliphatic carbocycles. The summed E-state index contributed by atoms with van der Waals surface area (Å²) in [6.07, 6.45) is 8.40. The Labute approximate surface area is 117 Å². The monoisotopic (exact) mass is 313 g/mol. The normalized spacial score (nSPS) is 10.6. The molecule has 0 saturated carbocycles. The quantitative estimate of drug-likeness (QED) is 0.373. The minimum atomic E-state index is -0.338. The third-order valence-electron chi connectivity index (χ3n) is 3.03. The van der Waals surface area contributed by atoms with Gasteiger partial charge in [0.1, 0.15) is 0 Å². The SMILES string of the molecule is CCCCCCCCc1ccc(Br)c([N+](=O)[O-])c1. The van der Waals surface area contributed by atoms with Crippen molar-refractivity contribution in [1.29, 1.82) is 0 Å². The lowest BCUT2D eigenvalue weighted by Gasteiger charge is -2.03. The van der Waals surface area contributed by atoms with Gasteiger partial charge in [-0.1, -0.05) is 45.1 Å². The summed E-state index contributed by atoms with van der Waals surface area (Å²) in [5.41, 5.74) is 1.22. The van der Waals surface area contributed by atoms with Crippen LogP contribution < -0.4 is 0 Å². The maximum Gasteiger partial charge on any atom is 0.283 e. The summed E-state index contributed by atoms with van der Waals surface area (Å²) < 4.78 is 0.555. The molecule has 0 radical (unpaired) electrons. The predicted molar refractivity (Wildman–Crippen MR) is 77.9 cm³/mol. The van der Waals surface area contributed by atoms with Crippen molar-refractivity contribution in [1.82, 2.24) is 0 Å². The molecule has 0 N–H and O–H groups in total. The first-order chi connectivity index (χ1) is 8.65. The zero-order valence-electron chi connectivity index (χ0n) is 10.8. The average molecular weight is 314 g/mol. The molecule has 0 amide bonds. The molecule has 100 valence electrons. The van der Waals surface area contributed by atoms with E-state index in [2.05, 4.69) is 22.9 Å². The molecule has 1 aromatic rings. The second-order valence-corrected chi connectivity index (χ2v) is 5.41. The third kappa shape index (κ3) is 5.17. The Morgan fingerprint density at radius 3 is 2.50 bits per heavy atom. The van der Waals surface area contributed by atoms with E-state index >= 15 is 0 Å². The number of hydrogen-bond donors (Lipinski definition) is 0. The number of nitro benzene ring substituents is 1. The first-order valence-corrected chi connectivity index (χ1v) is 7.37. The number of nitrogens with zero attached hydrogens (tertiary/aromatic N) is 1. The van der Waals surface area contributed by atoms with Crippen LogP contribution in [0.3, 0.4) is 0 Å². The van der Waals surface area contributed by atoms with E-state index in [1.165, 1.54) is 32.1 Å². The maximum absolute atomic E-state index is 10.8. The highest BCUT2D eigenvalue weighted by Crippen LogP contribution is 2.26. The van der Waals surface area contributed by atoms with Gasteiger partial charge >= 0.3 is 0 Å². The van der Waals surface area contributed by atoms with Crippen molar-refractivity contribution < 1.29 is 4.92 Å². The highest BCUT2D eigenvalue weighted by Gasteiger charge is 2.11. The molecule has 0 aromatic heterocycles. The van der Waals surface area contributed by atoms with Crippen LogP contribution >= 0.6 is 15.9 Å². The zero-order chi connectivity index (χ0) is 13.4. The Hall–Kier alpha value is -0.900. The number of unbranched alkanes of at least 4 members (excludes halogenated alkanes) is 5. The lowest BCUT2D eigenvalue weighted by Crippen LogP contribution is -1.92. The lowest BCUT2D eigenvalue weighted by atomic mass is 10.0. The summed E-state index contributed by atoms with van der Waals surface area (Å²) in [6, 6.07) is 5.41. The Bertz CT molecular complexity index is 393. The van der Waals surface area contributed by atoms with E-state index in [4.69, 9.17) is 0 Å². The molecule has 0 saturated heterocycles. The van der Waals surface area contributed by atoms with Gasteiger partial charge in [-0.05, 0) is 40.4 Å². The van der Waals surface area contributed by atoms with Gasteiger partial charge in [-0.3, -0.25) is 10.1 Å². The fourth-order valence-corrected chi connectivity index (χ4v) is 2.35. The highest BCUT2D eigenvalue weighted by molar-refractivity contribution is 9.10. The van der Waals surface area contributed by atoms with Crippen molar-refractivity contribution in [2.45, 2.75) is 51.9 Å². The van der Waals surface area contributed by atoms with Crippen LogP contribution in [0.2, 0.25) is 0 Å². The standard InChI is InChI=1S/C14H20BrNO2/c1-2-3-4-5-6-7-8-12-9-10-13(15)14(11-12)16(17)18/h9-11H,2-8H2,1H3. The number of nitro groups is 1. The Kier molecular flexibility index (Phi) is 6.94. The van der Waals surface area contributed by atoms with Crippen molar-refractivity contribution in [2.75, 3.05) is 0 Å². The first kappa shape index (κ1) is 15.2. The van der Waals surface area contributed by atoms with E-state index in [0.717, 1.165) is 18.4 Å². The summed E-state index contributed by atoms with van der Waals surface area (Å²) in [7, 11) is 0. The van der Waals surface area contributed by atoms with E-state index in [0.29, 0.717) is 4.47 Å². The Balaban J connectivity index is 2.38. The Morgan fingerprint density at radius 2 is 1.83 bits per heavy atom. The fraction of sp³-hybridized carbons (Fsp3) is 0.571. The van der Waals surface area contributed by atoms with Crippen LogP contribution in [-0.4, -0.2) is 4.92 Å². The van der Waals surface area contributed by atoms with E-state index in [9.17, 15) is 10.1 Å². The molecule has 1 aromatic carbocycles. The third-order valence-corrected chi connectivity index (χ3v) is 3.70. The van der Waals surface area contributed by atoms with Gasteiger partial charge in [-0.2, -0.15) is 0 Å². The predicted octanol–water partition coefficient (Wildman–Crippen LogP) is 5.26. The van der Waals surface area contributed by atoms with E-state index in [1.807, 2.05) is 6.07 Å². The molecule has 4 heteroatoms. The van der Waals surface area contributed by atoms with E-state index < -0.39 is 0 Å². The number of halogens is 1. The van der Waals surface area contributed by atoms with Crippen molar-refractivity contribution in [3.05, 3.63) is 38.3 Å². The number of rotatable bonds is 8. The smallest absolute Gasteiger partial charge is 0.258 e. The topological polar surface area (TPSA) is 43.1 Å². The van der Waals surface area contributed by atoms with Crippen LogP contribution in [0.25, 0.3) is 0 Å². The van der Waals surface area contributed by atoms with Crippen LogP contribution in [0, 0.1) is 10.1 Å². The van der Waals surface area contributed by atoms with Gasteiger partial charge in [0, 0.05) is 6.07 Å². The molecule has 0 heterocycles. The Morgan fingerprint density at radius 1 is 1.17 bits per heavy atom. The van der Waals surface area contributed by atoms with Gasteiger partial charge < -0.3 is 0 Å². The molecule has 0 atom stereocenters. The van der Waals surface area contributed by atoms with Crippen LogP contribution in [0.1, 0.15) is 51.0 Å². The van der Waals surface area contributed by atoms with Crippen molar-refractivity contribution >= 4 is 21.6 Å². The van der Waals surface area contributed by atoms with Crippen LogP contribution in [0.15, 0.2) is 22.7 Å². The molecule has 3 nitrogen and oxygen atoms in total. The zero-order valence-corrected chi connectivity index (χ0v) is 12.4. The molecule has 0 spiro atoms. The summed E-state index contributed by atoms with van der Waals surface area (Å²) in [4.78, 5) is 10.5. The molecule has 0 unspecified atom stereocenters. The molecular weight excluding hydrogens is 294 g/mol.